The zero-order chi connectivity index (χ0) is 13.7. The number of amides is 1. The zero-order valence-electron chi connectivity index (χ0n) is 12.3. The molecule has 0 saturated carbocycles. The average molecular weight is 297 g/mol. The molecule has 1 aliphatic rings. The molecule has 20 heavy (non-hydrogen) atoms. The Morgan fingerprint density at radius 1 is 1.35 bits per heavy atom. The number of halogens is 1. The molecule has 1 fully saturated rings. The van der Waals surface area contributed by atoms with E-state index in [4.69, 9.17) is 0 Å². The van der Waals surface area contributed by atoms with Crippen LogP contribution in [0.4, 0.5) is 0 Å². The quantitative estimate of drug-likeness (QED) is 0.897. The maximum absolute atomic E-state index is 12.2. The van der Waals surface area contributed by atoms with E-state index in [2.05, 4.69) is 42.7 Å². The van der Waals surface area contributed by atoms with E-state index in [0.717, 1.165) is 25.8 Å². The van der Waals surface area contributed by atoms with Gasteiger partial charge >= 0.3 is 0 Å². The molecule has 1 amide bonds. The molecule has 1 saturated heterocycles. The maximum atomic E-state index is 12.2. The molecule has 2 atom stereocenters. The minimum atomic E-state index is 0. The van der Waals surface area contributed by atoms with Crippen molar-refractivity contribution in [1.29, 1.82) is 0 Å². The maximum Gasteiger partial charge on any atom is 0.223 e. The highest BCUT2D eigenvalue weighted by Gasteiger charge is 2.24. The summed E-state index contributed by atoms with van der Waals surface area (Å²) in [5, 5.41) is 6.48. The molecule has 0 radical (unpaired) electrons. The summed E-state index contributed by atoms with van der Waals surface area (Å²) in [7, 11) is 0. The van der Waals surface area contributed by atoms with Gasteiger partial charge in [0.1, 0.15) is 0 Å². The van der Waals surface area contributed by atoms with Crippen LogP contribution in [0.15, 0.2) is 24.3 Å². The second-order valence-corrected chi connectivity index (χ2v) is 5.42. The molecule has 1 aromatic rings. The molecule has 0 spiro atoms. The van der Waals surface area contributed by atoms with E-state index in [-0.39, 0.29) is 24.2 Å². The molecule has 0 bridgehead atoms. The first-order valence-corrected chi connectivity index (χ1v) is 7.28. The number of nitrogens with one attached hydrogen (secondary N) is 2. The van der Waals surface area contributed by atoms with Crippen molar-refractivity contribution in [1.82, 2.24) is 10.6 Å². The third-order valence-corrected chi connectivity index (χ3v) is 3.95. The predicted molar refractivity (Wildman–Crippen MR) is 85.1 cm³/mol. The third kappa shape index (κ3) is 4.50. The summed E-state index contributed by atoms with van der Waals surface area (Å²) in [5.74, 6) is 0.379. The number of hydrogen-bond donors (Lipinski definition) is 2. The topological polar surface area (TPSA) is 41.1 Å². The molecule has 0 unspecified atom stereocenters. The van der Waals surface area contributed by atoms with Crippen LogP contribution in [-0.2, 0) is 17.8 Å². The normalized spacial score (nSPS) is 21.9. The van der Waals surface area contributed by atoms with E-state index in [1.54, 1.807) is 0 Å². The number of hydrogen-bond acceptors (Lipinski definition) is 2. The smallest absolute Gasteiger partial charge is 0.223 e. The Balaban J connectivity index is 0.00000200. The number of rotatable bonds is 4. The fraction of sp³-hybridized carbons (Fsp3) is 0.562. The van der Waals surface area contributed by atoms with Gasteiger partial charge in [0.2, 0.25) is 5.91 Å². The van der Waals surface area contributed by atoms with Gasteiger partial charge in [0.15, 0.2) is 0 Å². The molecule has 0 aliphatic carbocycles. The number of aryl methyl sites for hydroxylation is 1. The van der Waals surface area contributed by atoms with Crippen molar-refractivity contribution in [2.45, 2.75) is 45.7 Å². The van der Waals surface area contributed by atoms with Gasteiger partial charge in [0.05, 0.1) is 0 Å². The summed E-state index contributed by atoms with van der Waals surface area (Å²) in [5.41, 5.74) is 2.56. The Bertz CT molecular complexity index is 436. The lowest BCUT2D eigenvalue weighted by molar-refractivity contribution is -0.126. The standard InChI is InChI=1S/C16H24N2O.ClH/c1-3-13-6-4-5-7-15(13)11-18-16(19)14-8-9-17-12(2)10-14;/h4-7,12,14,17H,3,8-11H2,1-2H3,(H,18,19);1H/t12-,14-;/m0./s1. The predicted octanol–water partition coefficient (Wildman–Crippen LogP) is 2.68. The molecule has 3 nitrogen and oxygen atoms in total. The number of carbonyl (C=O) groups is 1. The van der Waals surface area contributed by atoms with Crippen LogP contribution in [-0.4, -0.2) is 18.5 Å². The molecule has 1 aliphatic heterocycles. The van der Waals surface area contributed by atoms with Gasteiger partial charge in [-0.15, -0.1) is 12.4 Å². The lowest BCUT2D eigenvalue weighted by Crippen LogP contribution is -2.42. The van der Waals surface area contributed by atoms with Crippen molar-refractivity contribution in [3.05, 3.63) is 35.4 Å². The summed E-state index contributed by atoms with van der Waals surface area (Å²) >= 11 is 0. The van der Waals surface area contributed by atoms with Gasteiger partial charge in [-0.2, -0.15) is 0 Å². The summed E-state index contributed by atoms with van der Waals surface area (Å²) in [6, 6.07) is 8.77. The van der Waals surface area contributed by atoms with Crippen LogP contribution >= 0.6 is 12.4 Å². The van der Waals surface area contributed by atoms with Crippen molar-refractivity contribution < 1.29 is 4.79 Å². The van der Waals surface area contributed by atoms with E-state index < -0.39 is 0 Å². The van der Waals surface area contributed by atoms with Gasteiger partial charge in [-0.25, -0.2) is 0 Å². The minimum absolute atomic E-state index is 0. The van der Waals surface area contributed by atoms with Crippen molar-refractivity contribution >= 4 is 18.3 Å². The Hall–Kier alpha value is -1.06. The van der Waals surface area contributed by atoms with Crippen LogP contribution in [0, 0.1) is 5.92 Å². The first kappa shape index (κ1) is 17.0. The molecule has 2 rings (SSSR count). The molecule has 0 aromatic heterocycles. The van der Waals surface area contributed by atoms with Crippen molar-refractivity contribution in [3.8, 4) is 0 Å². The summed E-state index contributed by atoms with van der Waals surface area (Å²) < 4.78 is 0. The van der Waals surface area contributed by atoms with Gasteiger partial charge in [-0.3, -0.25) is 4.79 Å². The van der Waals surface area contributed by atoms with Crippen LogP contribution in [0.25, 0.3) is 0 Å². The number of benzene rings is 1. The first-order valence-electron chi connectivity index (χ1n) is 7.28. The van der Waals surface area contributed by atoms with E-state index in [1.165, 1.54) is 11.1 Å². The summed E-state index contributed by atoms with van der Waals surface area (Å²) in [6.07, 6.45) is 2.91. The Morgan fingerprint density at radius 2 is 2.05 bits per heavy atom. The second kappa shape index (κ2) is 8.28. The van der Waals surface area contributed by atoms with Gasteiger partial charge in [0.25, 0.3) is 0 Å². The first-order chi connectivity index (χ1) is 9.20. The van der Waals surface area contributed by atoms with Crippen LogP contribution in [0.5, 0.6) is 0 Å². The third-order valence-electron chi connectivity index (χ3n) is 3.95. The Morgan fingerprint density at radius 3 is 2.70 bits per heavy atom. The molecular weight excluding hydrogens is 272 g/mol. The monoisotopic (exact) mass is 296 g/mol. The second-order valence-electron chi connectivity index (χ2n) is 5.42. The summed E-state index contributed by atoms with van der Waals surface area (Å²) in [6.45, 7) is 5.90. The molecule has 1 aromatic carbocycles. The van der Waals surface area contributed by atoms with E-state index >= 15 is 0 Å². The van der Waals surface area contributed by atoms with Crippen molar-refractivity contribution in [2.75, 3.05) is 6.54 Å². The van der Waals surface area contributed by atoms with Crippen LogP contribution in [0.3, 0.4) is 0 Å². The van der Waals surface area contributed by atoms with Gasteiger partial charge < -0.3 is 10.6 Å². The molecule has 1 heterocycles. The van der Waals surface area contributed by atoms with E-state index in [9.17, 15) is 4.79 Å². The van der Waals surface area contributed by atoms with Gasteiger partial charge in [-0.1, -0.05) is 31.2 Å². The van der Waals surface area contributed by atoms with Crippen molar-refractivity contribution in [3.63, 3.8) is 0 Å². The molecule has 4 heteroatoms. The molecule has 2 N–H and O–H groups in total. The zero-order valence-corrected chi connectivity index (χ0v) is 13.1. The highest BCUT2D eigenvalue weighted by molar-refractivity contribution is 5.85. The number of piperidine rings is 1. The molecule has 112 valence electrons. The fourth-order valence-corrected chi connectivity index (χ4v) is 2.77. The van der Waals surface area contributed by atoms with E-state index in [1.807, 2.05) is 6.07 Å². The van der Waals surface area contributed by atoms with Gasteiger partial charge in [-0.05, 0) is 43.9 Å². The van der Waals surface area contributed by atoms with Gasteiger partial charge in [0, 0.05) is 18.5 Å². The Labute approximate surface area is 127 Å². The Kier molecular flexibility index (Phi) is 7.03. The highest BCUT2D eigenvalue weighted by Crippen LogP contribution is 2.16. The average Bonchev–Trinajstić information content (AvgIpc) is 2.45. The SMILES string of the molecule is CCc1ccccc1CNC(=O)[C@H]1CCN[C@@H](C)C1.Cl. The lowest BCUT2D eigenvalue weighted by atomic mass is 9.92. The van der Waals surface area contributed by atoms with Crippen LogP contribution in [0.2, 0.25) is 0 Å². The minimum Gasteiger partial charge on any atom is -0.352 e. The van der Waals surface area contributed by atoms with Crippen LogP contribution in [0.1, 0.15) is 37.8 Å². The lowest BCUT2D eigenvalue weighted by Gasteiger charge is -2.27. The largest absolute Gasteiger partial charge is 0.352 e. The van der Waals surface area contributed by atoms with Crippen molar-refractivity contribution in [2.24, 2.45) is 5.92 Å². The van der Waals surface area contributed by atoms with E-state index in [0.29, 0.717) is 12.6 Å². The fourth-order valence-electron chi connectivity index (χ4n) is 2.77. The highest BCUT2D eigenvalue weighted by atomic mass is 35.5. The molecular formula is C16H25ClN2O. The van der Waals surface area contributed by atoms with Crippen LogP contribution < -0.4 is 10.6 Å². The number of carbonyl (C=O) groups excluding carboxylic acids is 1. The summed E-state index contributed by atoms with van der Waals surface area (Å²) in [4.78, 5) is 12.2.